The van der Waals surface area contributed by atoms with Crippen LogP contribution in [0.5, 0.6) is 0 Å². The second-order valence-electron chi connectivity index (χ2n) is 0.617. The highest BCUT2D eigenvalue weighted by molar-refractivity contribution is 7.88. The maximum atomic E-state index is 7.78. The van der Waals surface area contributed by atoms with Crippen LogP contribution in [0, 0.1) is 0 Å². The minimum atomic E-state index is 0.0944. The van der Waals surface area contributed by atoms with Crippen LogP contribution in [0.2, 0.25) is 0 Å². The van der Waals surface area contributed by atoms with Gasteiger partial charge in [0.05, 0.1) is 6.61 Å². The van der Waals surface area contributed by atoms with Gasteiger partial charge in [-0.15, -0.1) is 4.33 Å². The summed E-state index contributed by atoms with van der Waals surface area (Å²) >= 11 is 0.0944. The fraction of sp³-hybridized carbons (Fsp3) is 1.00. The summed E-state index contributed by atoms with van der Waals surface area (Å²) in [6.45, 7) is 2.12. The molecule has 0 aliphatic heterocycles. The van der Waals surface area contributed by atoms with Crippen LogP contribution in [0.15, 0.2) is 0 Å². The fourth-order valence-electron chi connectivity index (χ4n) is 0.0802. The molecule has 0 aromatic carbocycles. The van der Waals surface area contributed by atoms with Crippen molar-refractivity contribution in [3.63, 3.8) is 0 Å². The lowest BCUT2D eigenvalue weighted by molar-refractivity contribution is -0.460. The molecule has 0 saturated carbocycles. The lowest BCUT2D eigenvalue weighted by Crippen LogP contribution is -1.88. The van der Waals surface area contributed by atoms with E-state index in [4.69, 9.17) is 4.55 Å². The van der Waals surface area contributed by atoms with Crippen molar-refractivity contribution in [3.8, 4) is 0 Å². The molecule has 0 aliphatic carbocycles. The zero-order valence-corrected chi connectivity index (χ0v) is 4.60. The van der Waals surface area contributed by atoms with Crippen molar-refractivity contribution in [1.82, 2.24) is 0 Å². The molecule has 5 heteroatoms. The highest BCUT2D eigenvalue weighted by Crippen LogP contribution is 1.93. The van der Waals surface area contributed by atoms with Crippen LogP contribution in [-0.4, -0.2) is 11.2 Å². The molecular weight excluding hydrogens is 120 g/mol. The first-order chi connectivity index (χ1) is 3.41. The molecule has 0 spiro atoms. The van der Waals surface area contributed by atoms with Crippen molar-refractivity contribution in [2.24, 2.45) is 0 Å². The SMILES string of the molecule is CCOOOSO. The maximum Gasteiger partial charge on any atom is 0.194 e. The smallest absolute Gasteiger partial charge is 0.194 e. The van der Waals surface area contributed by atoms with Crippen molar-refractivity contribution < 1.29 is 18.8 Å². The van der Waals surface area contributed by atoms with Gasteiger partial charge in [-0.3, -0.25) is 0 Å². The Morgan fingerprint density at radius 1 is 1.71 bits per heavy atom. The number of rotatable bonds is 4. The Morgan fingerprint density at radius 3 is 2.86 bits per heavy atom. The van der Waals surface area contributed by atoms with E-state index in [9.17, 15) is 0 Å². The van der Waals surface area contributed by atoms with Crippen LogP contribution in [0.4, 0.5) is 0 Å². The van der Waals surface area contributed by atoms with E-state index < -0.39 is 0 Å². The van der Waals surface area contributed by atoms with Crippen LogP contribution in [0.25, 0.3) is 0 Å². The van der Waals surface area contributed by atoms with Gasteiger partial charge in [0.2, 0.25) is 0 Å². The fourth-order valence-corrected chi connectivity index (χ4v) is 0.144. The van der Waals surface area contributed by atoms with Crippen LogP contribution >= 0.6 is 12.3 Å². The molecule has 0 aromatic rings. The lowest BCUT2D eigenvalue weighted by Gasteiger charge is -1.91. The summed E-state index contributed by atoms with van der Waals surface area (Å²) in [6, 6.07) is 0. The standard InChI is InChI=1S/C2H6O4S/c1-2-4-5-6-7-3/h3H,2H2,1H3. The Labute approximate surface area is 45.6 Å². The third kappa shape index (κ3) is 6.19. The molecule has 0 aliphatic rings. The average Bonchev–Trinajstić information content (AvgIpc) is 1.69. The quantitative estimate of drug-likeness (QED) is 0.263. The molecule has 0 fully saturated rings. The molecule has 0 atom stereocenters. The van der Waals surface area contributed by atoms with Crippen LogP contribution < -0.4 is 0 Å². The number of hydrogen-bond acceptors (Lipinski definition) is 5. The van der Waals surface area contributed by atoms with Crippen molar-refractivity contribution >= 4 is 12.3 Å². The molecule has 0 unspecified atom stereocenters. The second-order valence-corrected chi connectivity index (χ2v) is 0.902. The second kappa shape index (κ2) is 6.19. The topological polar surface area (TPSA) is 47.9 Å². The molecule has 1 N–H and O–H groups in total. The summed E-state index contributed by atoms with van der Waals surface area (Å²) in [7, 11) is 0. The van der Waals surface area contributed by atoms with Gasteiger partial charge < -0.3 is 4.55 Å². The molecule has 0 aromatic heterocycles. The van der Waals surface area contributed by atoms with Crippen molar-refractivity contribution in [2.75, 3.05) is 6.61 Å². The summed E-state index contributed by atoms with van der Waals surface area (Å²) in [5, 5.41) is 3.84. The molecule has 0 rings (SSSR count). The zero-order valence-electron chi connectivity index (χ0n) is 3.79. The Morgan fingerprint density at radius 2 is 2.43 bits per heavy atom. The molecule has 7 heavy (non-hydrogen) atoms. The summed E-state index contributed by atoms with van der Waals surface area (Å²) in [5.74, 6) is 0. The van der Waals surface area contributed by atoms with Crippen molar-refractivity contribution in [1.29, 1.82) is 0 Å². The molecule has 0 heterocycles. The van der Waals surface area contributed by atoms with Crippen LogP contribution in [-0.2, 0) is 14.3 Å². The average molecular weight is 126 g/mol. The molecule has 0 bridgehead atoms. The monoisotopic (exact) mass is 126 g/mol. The Hall–Kier alpha value is 0.190. The summed E-state index contributed by atoms with van der Waals surface area (Å²) in [5.41, 5.74) is 0. The van der Waals surface area contributed by atoms with Gasteiger partial charge in [-0.05, 0) is 6.92 Å². The minimum absolute atomic E-state index is 0.0944. The van der Waals surface area contributed by atoms with Gasteiger partial charge in [-0.2, -0.15) is 0 Å². The molecule has 44 valence electrons. The van der Waals surface area contributed by atoms with E-state index in [1.54, 1.807) is 6.92 Å². The van der Waals surface area contributed by atoms with Gasteiger partial charge in [-0.25, -0.2) is 4.89 Å². The Kier molecular flexibility index (Phi) is 6.36. The molecular formula is C2H6O4S. The summed E-state index contributed by atoms with van der Waals surface area (Å²) < 4.78 is 11.6. The first kappa shape index (κ1) is 7.19. The van der Waals surface area contributed by atoms with E-state index >= 15 is 0 Å². The third-order valence-electron chi connectivity index (χ3n) is 0.224. The largest absolute Gasteiger partial charge is 0.305 e. The third-order valence-corrected chi connectivity index (χ3v) is 0.341. The summed E-state index contributed by atoms with van der Waals surface area (Å²) in [4.78, 5) is 4.17. The van der Waals surface area contributed by atoms with Gasteiger partial charge in [-0.1, -0.05) is 5.04 Å². The summed E-state index contributed by atoms with van der Waals surface area (Å²) in [6.07, 6.45) is 0. The van der Waals surface area contributed by atoms with Gasteiger partial charge in [0, 0.05) is 0 Å². The minimum Gasteiger partial charge on any atom is -0.305 e. The molecule has 0 radical (unpaired) electrons. The van der Waals surface area contributed by atoms with Crippen molar-refractivity contribution in [3.05, 3.63) is 0 Å². The molecule has 0 amide bonds. The van der Waals surface area contributed by atoms with E-state index in [0.29, 0.717) is 6.61 Å². The predicted octanol–water partition coefficient (Wildman–Crippen LogP) is 1.01. The Balaban J connectivity index is 2.45. The van der Waals surface area contributed by atoms with Crippen molar-refractivity contribution in [2.45, 2.75) is 6.92 Å². The number of hydrogen-bond donors (Lipinski definition) is 1. The Bertz CT molecular complexity index is 28.9. The van der Waals surface area contributed by atoms with Gasteiger partial charge in [0.1, 0.15) is 0 Å². The first-order valence-corrected chi connectivity index (χ1v) is 2.38. The van der Waals surface area contributed by atoms with Gasteiger partial charge in [0.15, 0.2) is 12.3 Å². The normalized spacial score (nSPS) is 9.43. The van der Waals surface area contributed by atoms with Crippen LogP contribution in [0.3, 0.4) is 0 Å². The van der Waals surface area contributed by atoms with E-state index in [1.165, 1.54) is 0 Å². The first-order valence-electron chi connectivity index (χ1n) is 1.68. The maximum absolute atomic E-state index is 7.78. The lowest BCUT2D eigenvalue weighted by atomic mass is 10.9. The predicted molar refractivity (Wildman–Crippen MR) is 24.0 cm³/mol. The highest BCUT2D eigenvalue weighted by atomic mass is 32.2. The van der Waals surface area contributed by atoms with E-state index in [2.05, 4.69) is 14.3 Å². The van der Waals surface area contributed by atoms with E-state index in [0.717, 1.165) is 0 Å². The van der Waals surface area contributed by atoms with Crippen LogP contribution in [0.1, 0.15) is 6.92 Å². The van der Waals surface area contributed by atoms with Gasteiger partial charge >= 0.3 is 0 Å². The van der Waals surface area contributed by atoms with Gasteiger partial charge in [0.25, 0.3) is 0 Å². The zero-order chi connectivity index (χ0) is 5.54. The van der Waals surface area contributed by atoms with E-state index in [-0.39, 0.29) is 12.3 Å². The highest BCUT2D eigenvalue weighted by Gasteiger charge is 1.80. The molecule has 4 nitrogen and oxygen atoms in total. The van der Waals surface area contributed by atoms with E-state index in [1.807, 2.05) is 0 Å². The molecule has 0 saturated heterocycles.